The Hall–Kier alpha value is -1.99. The minimum atomic E-state index is -2.83. The van der Waals surface area contributed by atoms with Crippen LogP contribution in [-0.4, -0.2) is 28.1 Å². The average Bonchev–Trinajstić information content (AvgIpc) is 2.88. The van der Waals surface area contributed by atoms with Gasteiger partial charge in [-0.2, -0.15) is 13.9 Å². The summed E-state index contributed by atoms with van der Waals surface area (Å²) in [4.78, 5) is 0. The number of aromatic nitrogens is 2. The number of para-hydroxylation sites is 1. The van der Waals surface area contributed by atoms with E-state index in [9.17, 15) is 8.78 Å². The van der Waals surface area contributed by atoms with Crippen LogP contribution in [0.2, 0.25) is 0 Å². The molecule has 2 aromatic rings. The molecule has 1 aromatic carbocycles. The van der Waals surface area contributed by atoms with Crippen LogP contribution in [0, 0.1) is 0 Å². The lowest BCUT2D eigenvalue weighted by Crippen LogP contribution is -2.14. The van der Waals surface area contributed by atoms with Crippen LogP contribution in [-0.2, 0) is 19.6 Å². The summed E-state index contributed by atoms with van der Waals surface area (Å²) in [5, 5.41) is 16.0. The van der Waals surface area contributed by atoms with Gasteiger partial charge in [0.1, 0.15) is 5.75 Å². The van der Waals surface area contributed by atoms with Gasteiger partial charge >= 0.3 is 6.61 Å². The summed E-state index contributed by atoms with van der Waals surface area (Å²) < 4.78 is 30.7. The summed E-state index contributed by atoms with van der Waals surface area (Å²) in [5.41, 5.74) is 1.62. The van der Waals surface area contributed by atoms with Crippen LogP contribution >= 0.6 is 0 Å². The highest BCUT2D eigenvalue weighted by Gasteiger charge is 2.08. The second-order valence-electron chi connectivity index (χ2n) is 4.43. The number of hydrogen-bond donors (Lipinski definition) is 2. The Morgan fingerprint density at radius 3 is 2.86 bits per heavy atom. The number of alkyl halides is 2. The Kier molecular flexibility index (Phi) is 5.65. The van der Waals surface area contributed by atoms with Crippen molar-refractivity contribution in [2.45, 2.75) is 26.2 Å². The van der Waals surface area contributed by atoms with Crippen LogP contribution in [0.15, 0.2) is 36.7 Å². The zero-order valence-corrected chi connectivity index (χ0v) is 11.4. The maximum Gasteiger partial charge on any atom is 0.387 e. The number of aliphatic hydroxyl groups is 1. The summed E-state index contributed by atoms with van der Waals surface area (Å²) in [5.74, 6) is 0.177. The summed E-state index contributed by atoms with van der Waals surface area (Å²) >= 11 is 0. The van der Waals surface area contributed by atoms with E-state index in [-0.39, 0.29) is 12.4 Å². The standard InChI is InChI=1S/C14H17F2N3O2/c15-14(16)21-13-4-2-1-3-12(13)9-17-7-11-8-18-19(10-11)5-6-20/h1-4,8,10,14,17,20H,5-7,9H2. The lowest BCUT2D eigenvalue weighted by molar-refractivity contribution is -0.0505. The van der Waals surface area contributed by atoms with E-state index in [0.29, 0.717) is 25.2 Å². The summed E-state index contributed by atoms with van der Waals surface area (Å²) in [6, 6.07) is 6.68. The van der Waals surface area contributed by atoms with Crippen molar-refractivity contribution in [2.75, 3.05) is 6.61 Å². The Morgan fingerprint density at radius 2 is 2.10 bits per heavy atom. The third-order valence-electron chi connectivity index (χ3n) is 2.85. The number of ether oxygens (including phenoxy) is 1. The van der Waals surface area contributed by atoms with E-state index < -0.39 is 6.61 Å². The fourth-order valence-electron chi connectivity index (χ4n) is 1.92. The monoisotopic (exact) mass is 297 g/mol. The van der Waals surface area contributed by atoms with Crippen LogP contribution in [0.4, 0.5) is 8.78 Å². The zero-order chi connectivity index (χ0) is 15.1. The van der Waals surface area contributed by atoms with Crippen molar-refractivity contribution >= 4 is 0 Å². The van der Waals surface area contributed by atoms with Crippen molar-refractivity contribution in [1.82, 2.24) is 15.1 Å². The van der Waals surface area contributed by atoms with Crippen LogP contribution in [0.25, 0.3) is 0 Å². The van der Waals surface area contributed by atoms with E-state index in [4.69, 9.17) is 5.11 Å². The number of halogens is 2. The smallest absolute Gasteiger partial charge is 0.387 e. The van der Waals surface area contributed by atoms with Crippen molar-refractivity contribution in [2.24, 2.45) is 0 Å². The maximum absolute atomic E-state index is 12.3. The predicted octanol–water partition coefficient (Wildman–Crippen LogP) is 1.77. The van der Waals surface area contributed by atoms with Crippen molar-refractivity contribution in [3.63, 3.8) is 0 Å². The molecule has 114 valence electrons. The van der Waals surface area contributed by atoms with E-state index in [0.717, 1.165) is 5.56 Å². The molecule has 2 rings (SSSR count). The van der Waals surface area contributed by atoms with Gasteiger partial charge in [0.15, 0.2) is 0 Å². The van der Waals surface area contributed by atoms with Gasteiger partial charge in [0.25, 0.3) is 0 Å². The van der Waals surface area contributed by atoms with Gasteiger partial charge in [0, 0.05) is 30.4 Å². The van der Waals surface area contributed by atoms with Gasteiger partial charge < -0.3 is 15.2 Å². The number of aliphatic hydroxyl groups excluding tert-OH is 1. The van der Waals surface area contributed by atoms with E-state index in [1.165, 1.54) is 6.07 Å². The van der Waals surface area contributed by atoms with Crippen molar-refractivity contribution < 1.29 is 18.6 Å². The molecular weight excluding hydrogens is 280 g/mol. The molecule has 0 unspecified atom stereocenters. The molecule has 0 fully saturated rings. The van der Waals surface area contributed by atoms with E-state index >= 15 is 0 Å². The first-order valence-electron chi connectivity index (χ1n) is 6.54. The van der Waals surface area contributed by atoms with Gasteiger partial charge in [-0.15, -0.1) is 0 Å². The topological polar surface area (TPSA) is 59.3 Å². The first-order chi connectivity index (χ1) is 10.2. The molecule has 2 N–H and O–H groups in total. The van der Waals surface area contributed by atoms with Gasteiger partial charge in [-0.3, -0.25) is 4.68 Å². The highest BCUT2D eigenvalue weighted by molar-refractivity contribution is 5.33. The van der Waals surface area contributed by atoms with Crippen LogP contribution in [0.1, 0.15) is 11.1 Å². The maximum atomic E-state index is 12.3. The van der Waals surface area contributed by atoms with Crippen molar-refractivity contribution in [3.8, 4) is 5.75 Å². The third-order valence-corrected chi connectivity index (χ3v) is 2.85. The Balaban J connectivity index is 1.87. The highest BCUT2D eigenvalue weighted by Crippen LogP contribution is 2.20. The first-order valence-corrected chi connectivity index (χ1v) is 6.54. The molecule has 1 heterocycles. The summed E-state index contributed by atoms with van der Waals surface area (Å²) in [6.07, 6.45) is 3.52. The summed E-state index contributed by atoms with van der Waals surface area (Å²) in [6.45, 7) is -1.39. The molecule has 0 radical (unpaired) electrons. The van der Waals surface area contributed by atoms with Crippen LogP contribution in [0.3, 0.4) is 0 Å². The van der Waals surface area contributed by atoms with E-state index in [2.05, 4.69) is 15.2 Å². The molecule has 21 heavy (non-hydrogen) atoms. The molecule has 1 aromatic heterocycles. The Labute approximate surface area is 121 Å². The quantitative estimate of drug-likeness (QED) is 0.779. The van der Waals surface area contributed by atoms with Gasteiger partial charge in [0.05, 0.1) is 19.3 Å². The molecule has 0 saturated heterocycles. The predicted molar refractivity (Wildman–Crippen MR) is 72.9 cm³/mol. The molecule has 0 aliphatic carbocycles. The lowest BCUT2D eigenvalue weighted by Gasteiger charge is -2.10. The Bertz CT molecular complexity index is 561. The minimum Gasteiger partial charge on any atom is -0.434 e. The number of nitrogens with one attached hydrogen (secondary N) is 1. The second-order valence-corrected chi connectivity index (χ2v) is 4.43. The lowest BCUT2D eigenvalue weighted by atomic mass is 10.2. The number of hydrogen-bond acceptors (Lipinski definition) is 4. The molecule has 0 aliphatic heterocycles. The number of rotatable bonds is 8. The van der Waals surface area contributed by atoms with Gasteiger partial charge in [0.2, 0.25) is 0 Å². The van der Waals surface area contributed by atoms with Gasteiger partial charge in [-0.05, 0) is 6.07 Å². The first kappa shape index (κ1) is 15.4. The van der Waals surface area contributed by atoms with Gasteiger partial charge in [-0.1, -0.05) is 18.2 Å². The Morgan fingerprint density at radius 1 is 1.29 bits per heavy atom. The molecule has 0 amide bonds. The fourth-order valence-corrected chi connectivity index (χ4v) is 1.92. The molecular formula is C14H17F2N3O2. The van der Waals surface area contributed by atoms with Crippen molar-refractivity contribution in [1.29, 1.82) is 0 Å². The SMILES string of the molecule is OCCn1cc(CNCc2ccccc2OC(F)F)cn1. The molecule has 0 aliphatic rings. The average molecular weight is 297 g/mol. The molecule has 0 atom stereocenters. The highest BCUT2D eigenvalue weighted by atomic mass is 19.3. The molecule has 5 nitrogen and oxygen atoms in total. The fraction of sp³-hybridized carbons (Fsp3) is 0.357. The number of benzene rings is 1. The molecule has 0 spiro atoms. The second kappa shape index (κ2) is 7.70. The largest absolute Gasteiger partial charge is 0.434 e. The minimum absolute atomic E-state index is 0.0346. The molecule has 0 bridgehead atoms. The summed E-state index contributed by atoms with van der Waals surface area (Å²) in [7, 11) is 0. The normalized spacial score (nSPS) is 11.0. The van der Waals surface area contributed by atoms with E-state index in [1.54, 1.807) is 29.1 Å². The molecule has 7 heteroatoms. The van der Waals surface area contributed by atoms with Gasteiger partial charge in [-0.25, -0.2) is 0 Å². The van der Waals surface area contributed by atoms with Crippen molar-refractivity contribution in [3.05, 3.63) is 47.8 Å². The van der Waals surface area contributed by atoms with Crippen LogP contribution in [0.5, 0.6) is 5.75 Å². The van der Waals surface area contributed by atoms with E-state index in [1.807, 2.05) is 6.20 Å². The molecule has 0 saturated carbocycles. The van der Waals surface area contributed by atoms with Crippen LogP contribution < -0.4 is 10.1 Å². The zero-order valence-electron chi connectivity index (χ0n) is 11.4. The third kappa shape index (κ3) is 4.80. The number of nitrogens with zero attached hydrogens (tertiary/aromatic N) is 2.